The summed E-state index contributed by atoms with van der Waals surface area (Å²) in [5.41, 5.74) is -0.228. The zero-order valence-electron chi connectivity index (χ0n) is 16.6. The number of methoxy groups -OCH3 is 1. The van der Waals surface area contributed by atoms with Crippen LogP contribution in [0, 0.1) is 18.6 Å². The van der Waals surface area contributed by atoms with Crippen LogP contribution < -0.4 is 15.2 Å². The standard InChI is InChI=1S/C19H18ClF2N3O5S/c1-9-4-6-12(21)15(16(9)22)10(2)17(18-23-24-19(26)30-18)25-31(27,28)14-7-5-11(20)8-13(14)29-3/h4-8,10,17,25H,1-3H3,(H,24,26)/t10?,17-/m0/s1. The van der Waals surface area contributed by atoms with Crippen LogP contribution in [0.15, 0.2) is 44.4 Å². The number of ether oxygens (including phenoxy) is 1. The van der Waals surface area contributed by atoms with E-state index in [-0.39, 0.29) is 26.8 Å². The maximum Gasteiger partial charge on any atom is 0.434 e. The number of aromatic amines is 1. The van der Waals surface area contributed by atoms with Crippen molar-refractivity contribution >= 4 is 21.6 Å². The zero-order valence-corrected chi connectivity index (χ0v) is 18.1. The molecule has 3 aromatic rings. The Morgan fingerprint density at radius 2 is 1.97 bits per heavy atom. The quantitative estimate of drug-likeness (QED) is 0.543. The number of aromatic nitrogens is 2. The third-order valence-corrected chi connectivity index (χ3v) is 6.41. The summed E-state index contributed by atoms with van der Waals surface area (Å²) >= 11 is 5.89. The minimum Gasteiger partial charge on any atom is -0.495 e. The highest BCUT2D eigenvalue weighted by Gasteiger charge is 2.35. The fraction of sp³-hybridized carbons (Fsp3) is 0.263. The number of H-pyrrole nitrogens is 1. The van der Waals surface area contributed by atoms with E-state index in [4.69, 9.17) is 20.8 Å². The number of hydrogen-bond acceptors (Lipinski definition) is 6. The van der Waals surface area contributed by atoms with Gasteiger partial charge < -0.3 is 9.15 Å². The smallest absolute Gasteiger partial charge is 0.434 e. The lowest BCUT2D eigenvalue weighted by Gasteiger charge is -2.24. The Balaban J connectivity index is 2.12. The normalized spacial score (nSPS) is 13.7. The molecule has 0 amide bonds. The van der Waals surface area contributed by atoms with Crippen LogP contribution in [0.25, 0.3) is 0 Å². The molecule has 0 fully saturated rings. The van der Waals surface area contributed by atoms with E-state index in [1.54, 1.807) is 0 Å². The summed E-state index contributed by atoms with van der Waals surface area (Å²) < 4.78 is 67.8. The van der Waals surface area contributed by atoms with Gasteiger partial charge in [-0.05, 0) is 30.7 Å². The second-order valence-corrected chi connectivity index (χ2v) is 8.84. The molecule has 2 aromatic carbocycles. The van der Waals surface area contributed by atoms with Gasteiger partial charge in [0.05, 0.1) is 7.11 Å². The molecule has 8 nitrogen and oxygen atoms in total. The molecule has 3 rings (SSSR count). The van der Waals surface area contributed by atoms with Crippen LogP contribution in [-0.4, -0.2) is 25.7 Å². The minimum absolute atomic E-state index is 0.0530. The first kappa shape index (κ1) is 22.9. The highest BCUT2D eigenvalue weighted by atomic mass is 35.5. The predicted molar refractivity (Wildman–Crippen MR) is 108 cm³/mol. The van der Waals surface area contributed by atoms with Crippen LogP contribution in [0.2, 0.25) is 5.02 Å². The van der Waals surface area contributed by atoms with Gasteiger partial charge in [0.15, 0.2) is 0 Å². The van der Waals surface area contributed by atoms with Crippen molar-refractivity contribution in [3.05, 3.63) is 74.6 Å². The van der Waals surface area contributed by atoms with Crippen molar-refractivity contribution in [1.29, 1.82) is 0 Å². The second-order valence-electron chi connectivity index (χ2n) is 6.73. The van der Waals surface area contributed by atoms with Gasteiger partial charge in [0.25, 0.3) is 0 Å². The second kappa shape index (κ2) is 8.77. The fourth-order valence-corrected chi connectivity index (χ4v) is 4.68. The van der Waals surface area contributed by atoms with Gasteiger partial charge in [-0.3, -0.25) is 0 Å². The first-order chi connectivity index (χ1) is 14.5. The Hall–Kier alpha value is -2.76. The lowest BCUT2D eigenvalue weighted by molar-refractivity contribution is 0.369. The first-order valence-corrected chi connectivity index (χ1v) is 10.8. The number of sulfonamides is 1. The summed E-state index contributed by atoms with van der Waals surface area (Å²) in [5.74, 6) is -4.29. The van der Waals surface area contributed by atoms with Crippen molar-refractivity contribution in [2.24, 2.45) is 0 Å². The number of aryl methyl sites for hydroxylation is 1. The third-order valence-electron chi connectivity index (χ3n) is 4.69. The number of benzene rings is 2. The molecule has 0 bridgehead atoms. The molecule has 0 aliphatic heterocycles. The molecule has 0 aliphatic carbocycles. The fourth-order valence-electron chi connectivity index (χ4n) is 3.10. The molecule has 1 heterocycles. The van der Waals surface area contributed by atoms with E-state index in [9.17, 15) is 22.0 Å². The van der Waals surface area contributed by atoms with Crippen molar-refractivity contribution < 1.29 is 26.4 Å². The van der Waals surface area contributed by atoms with E-state index < -0.39 is 45.3 Å². The van der Waals surface area contributed by atoms with Crippen molar-refractivity contribution in [3.63, 3.8) is 0 Å². The number of hydrogen-bond donors (Lipinski definition) is 2. The minimum atomic E-state index is -4.34. The van der Waals surface area contributed by atoms with E-state index in [0.29, 0.717) is 0 Å². The maximum atomic E-state index is 14.7. The highest BCUT2D eigenvalue weighted by Crippen LogP contribution is 2.36. The van der Waals surface area contributed by atoms with E-state index in [0.717, 1.165) is 6.07 Å². The lowest BCUT2D eigenvalue weighted by Crippen LogP contribution is -2.33. The van der Waals surface area contributed by atoms with Crippen LogP contribution in [-0.2, 0) is 10.0 Å². The number of rotatable bonds is 7. The third kappa shape index (κ3) is 4.63. The Bertz CT molecular complexity index is 1280. The van der Waals surface area contributed by atoms with Crippen LogP contribution in [0.5, 0.6) is 5.75 Å². The van der Waals surface area contributed by atoms with Gasteiger partial charge in [-0.2, -0.15) is 4.72 Å². The molecule has 1 aromatic heterocycles. The van der Waals surface area contributed by atoms with E-state index in [1.165, 1.54) is 45.2 Å². The van der Waals surface area contributed by atoms with E-state index in [1.807, 2.05) is 5.10 Å². The lowest BCUT2D eigenvalue weighted by atomic mass is 9.91. The average Bonchev–Trinajstić information content (AvgIpc) is 3.14. The van der Waals surface area contributed by atoms with Gasteiger partial charge in [-0.1, -0.05) is 24.6 Å². The number of halogens is 3. The number of nitrogens with zero attached hydrogens (tertiary/aromatic N) is 1. The molecule has 0 aliphatic rings. The molecular formula is C19H18ClF2N3O5S. The topological polar surface area (TPSA) is 114 Å². The zero-order chi connectivity index (χ0) is 22.9. The first-order valence-electron chi connectivity index (χ1n) is 8.91. The summed E-state index contributed by atoms with van der Waals surface area (Å²) in [4.78, 5) is 11.2. The molecular weight excluding hydrogens is 456 g/mol. The summed E-state index contributed by atoms with van der Waals surface area (Å²) in [7, 11) is -3.08. The molecule has 31 heavy (non-hydrogen) atoms. The molecule has 0 radical (unpaired) electrons. The molecule has 2 atom stereocenters. The molecule has 2 N–H and O–H groups in total. The average molecular weight is 474 g/mol. The van der Waals surface area contributed by atoms with Crippen LogP contribution in [0.1, 0.15) is 35.9 Å². The highest BCUT2D eigenvalue weighted by molar-refractivity contribution is 7.89. The molecule has 0 saturated carbocycles. The Morgan fingerprint density at radius 3 is 2.58 bits per heavy atom. The summed E-state index contributed by atoms with van der Waals surface area (Å²) in [6.45, 7) is 2.82. The summed E-state index contributed by atoms with van der Waals surface area (Å²) in [6.07, 6.45) is 0. The van der Waals surface area contributed by atoms with E-state index in [2.05, 4.69) is 9.82 Å². The largest absolute Gasteiger partial charge is 0.495 e. The molecule has 166 valence electrons. The van der Waals surface area contributed by atoms with Gasteiger partial charge in [0, 0.05) is 22.6 Å². The van der Waals surface area contributed by atoms with Gasteiger partial charge in [-0.25, -0.2) is 27.1 Å². The molecule has 1 unspecified atom stereocenters. The Labute approximate surface area is 181 Å². The maximum absolute atomic E-state index is 14.7. The molecule has 0 saturated heterocycles. The van der Waals surface area contributed by atoms with Gasteiger partial charge in [0.2, 0.25) is 15.9 Å². The summed E-state index contributed by atoms with van der Waals surface area (Å²) in [6, 6.07) is 4.73. The van der Waals surface area contributed by atoms with Crippen LogP contribution in [0.3, 0.4) is 0 Å². The van der Waals surface area contributed by atoms with Crippen molar-refractivity contribution in [3.8, 4) is 5.75 Å². The van der Waals surface area contributed by atoms with E-state index >= 15 is 0 Å². The van der Waals surface area contributed by atoms with Crippen LogP contribution >= 0.6 is 11.6 Å². The van der Waals surface area contributed by atoms with Gasteiger partial charge >= 0.3 is 5.76 Å². The Kier molecular flexibility index (Phi) is 6.48. The SMILES string of the molecule is COc1cc(Cl)ccc1S(=O)(=O)N[C@H](c1n[nH]c(=O)o1)C(C)c1c(F)ccc(C)c1F. The van der Waals surface area contributed by atoms with Gasteiger partial charge in [0.1, 0.15) is 28.3 Å². The summed E-state index contributed by atoms with van der Waals surface area (Å²) in [5, 5.41) is 5.90. The predicted octanol–water partition coefficient (Wildman–Crippen LogP) is 3.43. The van der Waals surface area contributed by atoms with Crippen LogP contribution in [0.4, 0.5) is 8.78 Å². The van der Waals surface area contributed by atoms with Gasteiger partial charge in [-0.15, -0.1) is 5.10 Å². The monoisotopic (exact) mass is 473 g/mol. The van der Waals surface area contributed by atoms with Crippen molar-refractivity contribution in [2.45, 2.75) is 30.7 Å². The Morgan fingerprint density at radius 1 is 1.26 bits per heavy atom. The van der Waals surface area contributed by atoms with Crippen molar-refractivity contribution in [2.75, 3.05) is 7.11 Å². The molecule has 0 spiro atoms. The molecule has 12 heteroatoms. The number of nitrogens with one attached hydrogen (secondary N) is 2. The van der Waals surface area contributed by atoms with Crippen molar-refractivity contribution in [1.82, 2.24) is 14.9 Å².